The fourth-order valence-electron chi connectivity index (χ4n) is 2.96. The van der Waals surface area contributed by atoms with Crippen LogP contribution in [0.2, 0.25) is 5.02 Å². The number of piperazine rings is 1. The molecule has 5 nitrogen and oxygen atoms in total. The van der Waals surface area contributed by atoms with Gasteiger partial charge in [-0.3, -0.25) is 9.69 Å². The fourth-order valence-corrected chi connectivity index (χ4v) is 3.25. The molecule has 23 heavy (non-hydrogen) atoms. The summed E-state index contributed by atoms with van der Waals surface area (Å²) in [5, 5.41) is 0.796. The van der Waals surface area contributed by atoms with E-state index in [9.17, 15) is 4.79 Å². The highest BCUT2D eigenvalue weighted by Gasteiger charge is 2.26. The van der Waals surface area contributed by atoms with E-state index in [1.54, 1.807) is 7.11 Å². The van der Waals surface area contributed by atoms with Gasteiger partial charge in [0.15, 0.2) is 0 Å². The van der Waals surface area contributed by atoms with Gasteiger partial charge in [0.2, 0.25) is 5.91 Å². The molecule has 128 valence electrons. The van der Waals surface area contributed by atoms with Crippen molar-refractivity contribution in [1.29, 1.82) is 0 Å². The van der Waals surface area contributed by atoms with Crippen LogP contribution in [0.3, 0.4) is 0 Å². The topological polar surface area (TPSA) is 58.8 Å². The van der Waals surface area contributed by atoms with Gasteiger partial charge in [-0.15, -0.1) is 0 Å². The fraction of sp³-hybridized carbons (Fsp3) is 0.588. The van der Waals surface area contributed by atoms with Crippen molar-refractivity contribution >= 4 is 17.5 Å². The molecule has 1 aromatic rings. The van der Waals surface area contributed by atoms with Crippen LogP contribution in [0, 0.1) is 0 Å². The van der Waals surface area contributed by atoms with E-state index in [2.05, 4.69) is 17.9 Å². The van der Waals surface area contributed by atoms with E-state index in [4.69, 9.17) is 22.1 Å². The summed E-state index contributed by atoms with van der Waals surface area (Å²) < 4.78 is 5.19. The van der Waals surface area contributed by atoms with Gasteiger partial charge in [-0.1, -0.05) is 29.8 Å². The van der Waals surface area contributed by atoms with E-state index in [1.165, 1.54) is 0 Å². The number of methoxy groups -OCH3 is 1. The molecular weight excluding hydrogens is 314 g/mol. The number of halogens is 1. The van der Waals surface area contributed by atoms with Crippen LogP contribution < -0.4 is 5.73 Å². The van der Waals surface area contributed by atoms with Gasteiger partial charge >= 0.3 is 0 Å². The van der Waals surface area contributed by atoms with E-state index >= 15 is 0 Å². The number of ether oxygens (including phenoxy) is 1. The standard InChI is InChI=1S/C17H26ClN3O2/c1-13(15-5-3-4-6-16(15)18)20-7-9-21(10-8-20)17(22)11-14(12-19)23-2/h3-6,13-14H,7-12,19H2,1-2H3. The summed E-state index contributed by atoms with van der Waals surface area (Å²) in [6.07, 6.45) is 0.162. The zero-order valence-electron chi connectivity index (χ0n) is 13.9. The van der Waals surface area contributed by atoms with Crippen molar-refractivity contribution in [2.45, 2.75) is 25.5 Å². The van der Waals surface area contributed by atoms with Crippen molar-refractivity contribution < 1.29 is 9.53 Å². The zero-order chi connectivity index (χ0) is 16.8. The van der Waals surface area contributed by atoms with Crippen molar-refractivity contribution in [2.24, 2.45) is 5.73 Å². The maximum atomic E-state index is 12.3. The van der Waals surface area contributed by atoms with Gasteiger partial charge in [0.1, 0.15) is 0 Å². The zero-order valence-corrected chi connectivity index (χ0v) is 14.6. The molecule has 1 amide bonds. The molecule has 0 aromatic heterocycles. The van der Waals surface area contributed by atoms with Crippen molar-refractivity contribution in [1.82, 2.24) is 9.80 Å². The van der Waals surface area contributed by atoms with Crippen molar-refractivity contribution in [3.05, 3.63) is 34.9 Å². The Morgan fingerprint density at radius 2 is 1.96 bits per heavy atom. The van der Waals surface area contributed by atoms with E-state index in [1.807, 2.05) is 23.1 Å². The van der Waals surface area contributed by atoms with Gasteiger partial charge in [-0.25, -0.2) is 0 Å². The smallest absolute Gasteiger partial charge is 0.225 e. The number of amides is 1. The molecule has 6 heteroatoms. The molecule has 1 aliphatic heterocycles. The third-order valence-electron chi connectivity index (χ3n) is 4.57. The van der Waals surface area contributed by atoms with Gasteiger partial charge in [0.25, 0.3) is 0 Å². The summed E-state index contributed by atoms with van der Waals surface area (Å²) in [7, 11) is 1.59. The van der Waals surface area contributed by atoms with Crippen LogP contribution in [0.25, 0.3) is 0 Å². The second-order valence-corrected chi connectivity index (χ2v) is 6.32. The first-order chi connectivity index (χ1) is 11.1. The number of benzene rings is 1. The molecule has 2 N–H and O–H groups in total. The van der Waals surface area contributed by atoms with Gasteiger partial charge in [0.05, 0.1) is 12.5 Å². The summed E-state index contributed by atoms with van der Waals surface area (Å²) in [6.45, 7) is 5.68. The predicted molar refractivity (Wildman–Crippen MR) is 92.5 cm³/mol. The van der Waals surface area contributed by atoms with E-state index in [0.29, 0.717) is 13.0 Å². The van der Waals surface area contributed by atoms with E-state index in [-0.39, 0.29) is 18.1 Å². The molecule has 0 radical (unpaired) electrons. The molecule has 1 fully saturated rings. The lowest BCUT2D eigenvalue weighted by Crippen LogP contribution is -2.50. The molecule has 1 saturated heterocycles. The van der Waals surface area contributed by atoms with E-state index in [0.717, 1.165) is 36.8 Å². The molecule has 0 spiro atoms. The van der Waals surface area contributed by atoms with Crippen LogP contribution in [0.4, 0.5) is 0 Å². The van der Waals surface area contributed by atoms with Crippen LogP contribution in [-0.4, -0.2) is 61.6 Å². The number of carbonyl (C=O) groups excluding carboxylic acids is 1. The normalized spacial score (nSPS) is 18.7. The largest absolute Gasteiger partial charge is 0.380 e. The lowest BCUT2D eigenvalue weighted by atomic mass is 10.1. The van der Waals surface area contributed by atoms with Crippen LogP contribution in [-0.2, 0) is 9.53 Å². The summed E-state index contributed by atoms with van der Waals surface area (Å²) >= 11 is 6.29. The maximum Gasteiger partial charge on any atom is 0.225 e. The third-order valence-corrected chi connectivity index (χ3v) is 4.91. The van der Waals surface area contributed by atoms with Gasteiger partial charge in [-0.05, 0) is 18.6 Å². The molecule has 2 atom stereocenters. The number of nitrogens with two attached hydrogens (primary N) is 1. The monoisotopic (exact) mass is 339 g/mol. The Balaban J connectivity index is 1.88. The average Bonchev–Trinajstić information content (AvgIpc) is 2.59. The SMILES string of the molecule is COC(CN)CC(=O)N1CCN(C(C)c2ccccc2Cl)CC1. The van der Waals surface area contributed by atoms with Crippen molar-refractivity contribution in [2.75, 3.05) is 39.8 Å². The molecule has 1 heterocycles. The summed E-state index contributed by atoms with van der Waals surface area (Å²) in [4.78, 5) is 16.5. The Morgan fingerprint density at radius 1 is 1.30 bits per heavy atom. The molecular formula is C17H26ClN3O2. The third kappa shape index (κ3) is 4.67. The minimum absolute atomic E-state index is 0.118. The predicted octanol–water partition coefficient (Wildman–Crippen LogP) is 1.91. The first-order valence-corrected chi connectivity index (χ1v) is 8.43. The van der Waals surface area contributed by atoms with Crippen LogP contribution in [0.1, 0.15) is 24.9 Å². The number of hydrogen-bond donors (Lipinski definition) is 1. The first-order valence-electron chi connectivity index (χ1n) is 8.06. The molecule has 2 unspecified atom stereocenters. The molecule has 0 bridgehead atoms. The number of hydrogen-bond acceptors (Lipinski definition) is 4. The summed E-state index contributed by atoms with van der Waals surface area (Å²) in [5.74, 6) is 0.118. The van der Waals surface area contributed by atoms with Crippen molar-refractivity contribution in [3.63, 3.8) is 0 Å². The van der Waals surface area contributed by atoms with Gasteiger partial charge in [-0.2, -0.15) is 0 Å². The van der Waals surface area contributed by atoms with Crippen LogP contribution in [0.5, 0.6) is 0 Å². The number of carbonyl (C=O) groups is 1. The van der Waals surface area contributed by atoms with Crippen LogP contribution in [0.15, 0.2) is 24.3 Å². The minimum Gasteiger partial charge on any atom is -0.380 e. The summed E-state index contributed by atoms with van der Waals surface area (Å²) in [5.41, 5.74) is 6.72. The Morgan fingerprint density at radius 3 is 2.52 bits per heavy atom. The van der Waals surface area contributed by atoms with Gasteiger partial charge < -0.3 is 15.4 Å². The Labute approximate surface area is 143 Å². The average molecular weight is 340 g/mol. The molecule has 2 rings (SSSR count). The second kappa shape index (κ2) is 8.64. The molecule has 1 aliphatic rings. The first kappa shape index (κ1) is 18.2. The minimum atomic E-state index is -0.192. The lowest BCUT2D eigenvalue weighted by Gasteiger charge is -2.38. The highest BCUT2D eigenvalue weighted by atomic mass is 35.5. The Bertz CT molecular complexity index is 514. The van der Waals surface area contributed by atoms with E-state index < -0.39 is 0 Å². The number of rotatable bonds is 6. The Hall–Kier alpha value is -1.14. The highest BCUT2D eigenvalue weighted by molar-refractivity contribution is 6.31. The lowest BCUT2D eigenvalue weighted by molar-refractivity contribution is -0.135. The highest BCUT2D eigenvalue weighted by Crippen LogP contribution is 2.27. The molecule has 0 aliphatic carbocycles. The van der Waals surface area contributed by atoms with Crippen molar-refractivity contribution in [3.8, 4) is 0 Å². The summed E-state index contributed by atoms with van der Waals surface area (Å²) in [6, 6.07) is 8.19. The Kier molecular flexibility index (Phi) is 6.84. The second-order valence-electron chi connectivity index (χ2n) is 5.91. The number of nitrogens with zero attached hydrogens (tertiary/aromatic N) is 2. The maximum absolute atomic E-state index is 12.3. The molecule has 0 saturated carbocycles. The van der Waals surface area contributed by atoms with Gasteiger partial charge in [0, 0.05) is 50.9 Å². The molecule has 1 aromatic carbocycles. The quantitative estimate of drug-likeness (QED) is 0.860. The van der Waals surface area contributed by atoms with Crippen LogP contribution >= 0.6 is 11.6 Å².